The van der Waals surface area contributed by atoms with Gasteiger partial charge in [0, 0.05) is 94.8 Å². The summed E-state index contributed by atoms with van der Waals surface area (Å²) >= 11 is 3.65. The van der Waals surface area contributed by atoms with E-state index < -0.39 is 0 Å². The van der Waals surface area contributed by atoms with E-state index in [0.29, 0.717) is 22.6 Å². The van der Waals surface area contributed by atoms with Crippen molar-refractivity contribution in [2.75, 3.05) is 0 Å². The van der Waals surface area contributed by atoms with Gasteiger partial charge in [0.2, 0.25) is 5.69 Å². The Morgan fingerprint density at radius 1 is 0.284 bits per heavy atom. The zero-order chi connectivity index (χ0) is 57.9. The molecule has 6 heterocycles. The van der Waals surface area contributed by atoms with Crippen molar-refractivity contribution in [3.05, 3.63) is 284 Å². The van der Waals surface area contributed by atoms with E-state index >= 15 is 0 Å². The molecule has 19 rings (SSSR count). The van der Waals surface area contributed by atoms with Crippen molar-refractivity contribution in [1.29, 1.82) is 5.26 Å². The van der Waals surface area contributed by atoms with Crippen LogP contribution in [0.25, 0.3) is 177 Å². The van der Waals surface area contributed by atoms with Crippen LogP contribution in [0.4, 0.5) is 5.69 Å². The molecule has 0 radical (unpaired) electrons. The SMILES string of the molecule is [C-]#[N+]c1cc(-n2c3ccc(-c4ccc5sc6ccccc6c5c4)cc3c3cc4c(cc32)c2ccccc2n4-c2ccccc2)c(C#N)cc1-n1c2ccc(-c3ccc4sc5ccccc5c4c3)cc2c2cc3c(cc21)c1ccccc1n3-c1ccccc1. The number of aromatic nitrogens is 4. The predicted molar refractivity (Wildman–Crippen MR) is 371 cm³/mol. The summed E-state index contributed by atoms with van der Waals surface area (Å²) in [5.74, 6) is 0. The van der Waals surface area contributed by atoms with Crippen molar-refractivity contribution >= 4 is 156 Å². The maximum Gasteiger partial charge on any atom is 0.212 e. The highest BCUT2D eigenvalue weighted by Crippen LogP contribution is 2.47. The van der Waals surface area contributed by atoms with Crippen molar-refractivity contribution in [3.8, 4) is 51.1 Å². The van der Waals surface area contributed by atoms with Crippen LogP contribution >= 0.6 is 22.7 Å². The molecule has 0 atom stereocenters. The average Bonchev–Trinajstić information content (AvgIpc) is 1.70. The first-order valence-electron chi connectivity index (χ1n) is 29.5. The molecule has 0 saturated carbocycles. The molecule has 0 amide bonds. The number of nitrogens with zero attached hydrogens (tertiary/aromatic N) is 6. The fourth-order valence-corrected chi connectivity index (χ4v) is 16.6. The van der Waals surface area contributed by atoms with Gasteiger partial charge in [0.05, 0.1) is 67.6 Å². The molecule has 0 bridgehead atoms. The monoisotopic (exact) mass is 1150 g/mol. The largest absolute Gasteiger partial charge is 0.319 e. The van der Waals surface area contributed by atoms with Gasteiger partial charge in [0.1, 0.15) is 6.07 Å². The fourth-order valence-electron chi connectivity index (χ4n) is 14.5. The fraction of sp³-hybridized carbons (Fsp3) is 0. The third-order valence-electron chi connectivity index (χ3n) is 18.4. The van der Waals surface area contributed by atoms with Gasteiger partial charge in [-0.05, 0) is 156 Å². The lowest BCUT2D eigenvalue weighted by Gasteiger charge is -2.16. The van der Waals surface area contributed by atoms with Gasteiger partial charge < -0.3 is 18.3 Å². The Bertz CT molecular complexity index is 5940. The minimum absolute atomic E-state index is 0.433. The molecule has 13 aromatic carbocycles. The van der Waals surface area contributed by atoms with E-state index in [4.69, 9.17) is 0 Å². The summed E-state index contributed by atoms with van der Waals surface area (Å²) in [5, 5.41) is 25.4. The van der Waals surface area contributed by atoms with Crippen LogP contribution in [0.3, 0.4) is 0 Å². The molecular weight excluding hydrogens is 1110 g/mol. The second-order valence-electron chi connectivity index (χ2n) is 23.0. The summed E-state index contributed by atoms with van der Waals surface area (Å²) in [4.78, 5) is 4.44. The summed E-state index contributed by atoms with van der Waals surface area (Å²) in [6, 6.07) is 98.8. The maximum atomic E-state index is 11.8. The van der Waals surface area contributed by atoms with Crippen molar-refractivity contribution in [3.63, 3.8) is 0 Å². The summed E-state index contributed by atoms with van der Waals surface area (Å²) in [5.41, 5.74) is 17.0. The Morgan fingerprint density at radius 3 is 1.10 bits per heavy atom. The standard InChI is InChI=1S/C80H44N6S2/c1-82-66-45-71(85-69-32-28-47(49-30-34-79-64(38-49)56-22-10-14-26-77(56)87-79)36-58(69)62-43-72-60(41-74(62)85)54-20-8-12-24-67(54)83(72)52-16-4-2-5-17-52)51(46-81)40-76(66)86-70-33-29-48(50-31-35-80-65(39-50)57-23-11-15-27-78(57)88-80)37-59(70)63-44-73-61(42-75(63)86)55-21-9-13-25-68(55)84(73)53-18-6-3-7-19-53/h2-45H. The second-order valence-corrected chi connectivity index (χ2v) is 25.2. The Balaban J connectivity index is 0.873. The third-order valence-corrected chi connectivity index (χ3v) is 20.7. The topological polar surface area (TPSA) is 47.9 Å². The summed E-state index contributed by atoms with van der Waals surface area (Å²) in [6.45, 7) is 9.19. The molecule has 0 unspecified atom stereocenters. The second kappa shape index (κ2) is 18.5. The molecule has 6 aromatic heterocycles. The van der Waals surface area contributed by atoms with Crippen LogP contribution in [-0.4, -0.2) is 18.3 Å². The molecule has 0 spiro atoms. The molecule has 406 valence electrons. The molecule has 0 aliphatic rings. The Morgan fingerprint density at radius 2 is 0.636 bits per heavy atom. The van der Waals surface area contributed by atoms with Crippen molar-refractivity contribution in [1.82, 2.24) is 18.3 Å². The smallest absolute Gasteiger partial charge is 0.212 e. The molecule has 0 saturated heterocycles. The number of nitriles is 1. The Kier molecular flexibility index (Phi) is 10.3. The predicted octanol–water partition coefficient (Wildman–Crippen LogP) is 22.6. The molecular formula is C80H44N6S2. The molecule has 0 aliphatic heterocycles. The number of hydrogen-bond donors (Lipinski definition) is 0. The van der Waals surface area contributed by atoms with E-state index in [2.05, 4.69) is 284 Å². The minimum Gasteiger partial charge on any atom is -0.319 e. The number of fused-ring (bicyclic) bond motifs is 18. The first kappa shape index (κ1) is 48.8. The van der Waals surface area contributed by atoms with Gasteiger partial charge in [-0.1, -0.05) is 133 Å². The highest BCUT2D eigenvalue weighted by Gasteiger charge is 2.26. The first-order valence-corrected chi connectivity index (χ1v) is 31.1. The number of benzene rings is 13. The molecule has 88 heavy (non-hydrogen) atoms. The highest BCUT2D eigenvalue weighted by molar-refractivity contribution is 7.26. The van der Waals surface area contributed by atoms with Crippen LogP contribution in [0.1, 0.15) is 5.56 Å². The molecule has 6 nitrogen and oxygen atoms in total. The van der Waals surface area contributed by atoms with Crippen LogP contribution in [0, 0.1) is 17.9 Å². The zero-order valence-corrected chi connectivity index (χ0v) is 48.5. The summed E-state index contributed by atoms with van der Waals surface area (Å²) in [7, 11) is 0. The Labute approximate surface area is 511 Å². The lowest BCUT2D eigenvalue weighted by Crippen LogP contribution is -2.02. The number of para-hydroxylation sites is 4. The number of thiophene rings is 2. The van der Waals surface area contributed by atoms with Crippen LogP contribution in [0.2, 0.25) is 0 Å². The van der Waals surface area contributed by atoms with Crippen LogP contribution in [0.15, 0.2) is 267 Å². The van der Waals surface area contributed by atoms with E-state index in [9.17, 15) is 11.8 Å². The summed E-state index contributed by atoms with van der Waals surface area (Å²) < 4.78 is 14.3. The third kappa shape index (κ3) is 6.95. The van der Waals surface area contributed by atoms with Gasteiger partial charge in [-0.3, -0.25) is 0 Å². The first-order chi connectivity index (χ1) is 43.5. The van der Waals surface area contributed by atoms with Gasteiger partial charge in [0.25, 0.3) is 0 Å². The normalized spacial score (nSPS) is 12.1. The van der Waals surface area contributed by atoms with Gasteiger partial charge in [-0.15, -0.1) is 22.7 Å². The van der Waals surface area contributed by atoms with Crippen molar-refractivity contribution in [2.45, 2.75) is 0 Å². The Hall–Kier alpha value is -11.5. The van der Waals surface area contributed by atoms with Crippen LogP contribution in [0.5, 0.6) is 0 Å². The van der Waals surface area contributed by atoms with E-state index in [1.165, 1.54) is 40.3 Å². The minimum atomic E-state index is 0.433. The van der Waals surface area contributed by atoms with Crippen LogP contribution in [-0.2, 0) is 0 Å². The van der Waals surface area contributed by atoms with Crippen LogP contribution < -0.4 is 0 Å². The number of rotatable bonds is 6. The summed E-state index contributed by atoms with van der Waals surface area (Å²) in [6.07, 6.45) is 0. The van der Waals surface area contributed by atoms with Gasteiger partial charge in [-0.25, -0.2) is 4.85 Å². The van der Waals surface area contributed by atoms with Gasteiger partial charge in [-0.2, -0.15) is 5.26 Å². The average molecular weight is 1150 g/mol. The van der Waals surface area contributed by atoms with E-state index in [1.54, 1.807) is 0 Å². The van der Waals surface area contributed by atoms with E-state index in [-0.39, 0.29) is 0 Å². The lowest BCUT2D eigenvalue weighted by molar-refractivity contribution is 1.14. The van der Waals surface area contributed by atoms with Crippen molar-refractivity contribution in [2.24, 2.45) is 0 Å². The molecule has 8 heteroatoms. The highest BCUT2D eigenvalue weighted by atomic mass is 32.1. The van der Waals surface area contributed by atoms with Gasteiger partial charge in [0.15, 0.2) is 0 Å². The quantitative estimate of drug-likeness (QED) is 0.153. The maximum absolute atomic E-state index is 11.8. The van der Waals surface area contributed by atoms with Gasteiger partial charge >= 0.3 is 0 Å². The molecule has 19 aromatic rings. The van der Waals surface area contributed by atoms with Crippen molar-refractivity contribution < 1.29 is 0 Å². The zero-order valence-electron chi connectivity index (χ0n) is 46.9. The number of hydrogen-bond acceptors (Lipinski definition) is 3. The van der Waals surface area contributed by atoms with E-state index in [1.807, 2.05) is 34.8 Å². The molecule has 0 aliphatic carbocycles. The molecule has 0 fully saturated rings. The van der Waals surface area contributed by atoms with E-state index in [0.717, 1.165) is 121 Å². The lowest BCUT2D eigenvalue weighted by atomic mass is 10.0. The molecule has 0 N–H and O–H groups in total.